The molecule has 0 N–H and O–H groups in total. The summed E-state index contributed by atoms with van der Waals surface area (Å²) >= 11 is 7.26. The molecule has 1 aromatic heterocycles. The molecule has 1 saturated heterocycles. The van der Waals surface area contributed by atoms with Gasteiger partial charge < -0.3 is 14.5 Å². The number of thiazole rings is 1. The highest BCUT2D eigenvalue weighted by Crippen LogP contribution is 2.29. The molecule has 0 unspecified atom stereocenters. The van der Waals surface area contributed by atoms with Crippen molar-refractivity contribution < 1.29 is 14.3 Å². The van der Waals surface area contributed by atoms with E-state index in [0.29, 0.717) is 48.4 Å². The number of nitrogens with zero attached hydrogens (tertiary/aromatic N) is 3. The zero-order valence-electron chi connectivity index (χ0n) is 16.4. The normalized spacial score (nSPS) is 17.2. The predicted molar refractivity (Wildman–Crippen MR) is 112 cm³/mol. The summed E-state index contributed by atoms with van der Waals surface area (Å²) in [5.41, 5.74) is 0.725. The Bertz CT molecular complexity index is 887. The van der Waals surface area contributed by atoms with Gasteiger partial charge in [0, 0.05) is 37.1 Å². The second-order valence-electron chi connectivity index (χ2n) is 7.51. The minimum Gasteiger partial charge on any atom is -0.486 e. The molecule has 1 saturated carbocycles. The molecule has 29 heavy (non-hydrogen) atoms. The largest absolute Gasteiger partial charge is 0.486 e. The van der Waals surface area contributed by atoms with Crippen molar-refractivity contribution in [1.82, 2.24) is 14.8 Å². The van der Waals surface area contributed by atoms with Gasteiger partial charge in [-0.15, -0.1) is 11.3 Å². The lowest BCUT2D eigenvalue weighted by Gasteiger charge is -2.38. The minimum atomic E-state index is -0.00603. The van der Waals surface area contributed by atoms with Crippen molar-refractivity contribution in [2.45, 2.75) is 32.8 Å². The molecule has 0 radical (unpaired) electrons. The van der Waals surface area contributed by atoms with E-state index in [-0.39, 0.29) is 17.7 Å². The van der Waals surface area contributed by atoms with E-state index in [2.05, 4.69) is 4.98 Å². The molecule has 2 aromatic rings. The average molecular weight is 434 g/mol. The summed E-state index contributed by atoms with van der Waals surface area (Å²) < 4.78 is 5.74. The van der Waals surface area contributed by atoms with Gasteiger partial charge in [-0.2, -0.15) is 0 Å². The fourth-order valence-electron chi connectivity index (χ4n) is 3.58. The van der Waals surface area contributed by atoms with E-state index in [0.717, 1.165) is 30.0 Å². The first-order valence-corrected chi connectivity index (χ1v) is 11.1. The smallest absolute Gasteiger partial charge is 0.265 e. The molecule has 8 heteroatoms. The molecule has 2 amide bonds. The van der Waals surface area contributed by atoms with Crippen LogP contribution in [0.2, 0.25) is 5.02 Å². The third kappa shape index (κ3) is 4.56. The third-order valence-electron chi connectivity index (χ3n) is 5.54. The van der Waals surface area contributed by atoms with Gasteiger partial charge in [0.25, 0.3) is 5.91 Å². The first kappa shape index (κ1) is 20.2. The molecule has 2 heterocycles. The monoisotopic (exact) mass is 433 g/mol. The number of piperazine rings is 1. The Kier molecular flexibility index (Phi) is 6.06. The predicted octanol–water partition coefficient (Wildman–Crippen LogP) is 3.77. The van der Waals surface area contributed by atoms with Crippen LogP contribution in [0.5, 0.6) is 5.75 Å². The average Bonchev–Trinajstić information content (AvgIpc) is 3.06. The van der Waals surface area contributed by atoms with Gasteiger partial charge >= 0.3 is 0 Å². The Labute approximate surface area is 179 Å². The number of carbonyl (C=O) groups excluding carboxylic acids is 2. The van der Waals surface area contributed by atoms with E-state index in [1.165, 1.54) is 11.3 Å². The van der Waals surface area contributed by atoms with Crippen LogP contribution in [-0.2, 0) is 11.4 Å². The maximum absolute atomic E-state index is 13.0. The van der Waals surface area contributed by atoms with E-state index in [1.54, 1.807) is 24.3 Å². The molecule has 1 aliphatic heterocycles. The van der Waals surface area contributed by atoms with Crippen LogP contribution in [0.1, 0.15) is 39.6 Å². The van der Waals surface area contributed by atoms with Crippen LogP contribution in [0.3, 0.4) is 0 Å². The molecule has 1 aromatic carbocycles. The Hall–Kier alpha value is -2.12. The number of benzene rings is 1. The van der Waals surface area contributed by atoms with Gasteiger partial charge in [0.1, 0.15) is 22.2 Å². The highest BCUT2D eigenvalue weighted by Gasteiger charge is 2.32. The SMILES string of the molecule is Cc1nc(COc2ccc(Cl)cc2)sc1C(=O)N1CCN(C(=O)C2CCC2)CC1. The van der Waals surface area contributed by atoms with Crippen LogP contribution in [0.25, 0.3) is 0 Å². The molecule has 0 atom stereocenters. The summed E-state index contributed by atoms with van der Waals surface area (Å²) in [5.74, 6) is 1.18. The fourth-order valence-corrected chi connectivity index (χ4v) is 4.65. The maximum atomic E-state index is 13.0. The zero-order valence-corrected chi connectivity index (χ0v) is 18.0. The molecule has 0 spiro atoms. The first-order chi connectivity index (χ1) is 14.0. The number of ether oxygens (including phenoxy) is 1. The van der Waals surface area contributed by atoms with Gasteiger partial charge in [-0.3, -0.25) is 9.59 Å². The van der Waals surface area contributed by atoms with Crippen molar-refractivity contribution in [3.05, 3.63) is 44.9 Å². The van der Waals surface area contributed by atoms with Crippen molar-refractivity contribution in [2.24, 2.45) is 5.92 Å². The highest BCUT2D eigenvalue weighted by molar-refractivity contribution is 7.13. The Morgan fingerprint density at radius 1 is 1.14 bits per heavy atom. The number of rotatable bonds is 5. The standard InChI is InChI=1S/C21H24ClN3O3S/c1-14-19(29-18(23-14)13-28-17-7-5-16(22)6-8-17)21(27)25-11-9-24(10-12-25)20(26)15-3-2-4-15/h5-8,15H,2-4,9-13H2,1H3. The van der Waals surface area contributed by atoms with Gasteiger partial charge in [0.05, 0.1) is 5.69 Å². The number of halogens is 1. The van der Waals surface area contributed by atoms with E-state index in [4.69, 9.17) is 16.3 Å². The quantitative estimate of drug-likeness (QED) is 0.720. The Morgan fingerprint density at radius 3 is 2.41 bits per heavy atom. The van der Waals surface area contributed by atoms with Crippen LogP contribution in [0, 0.1) is 12.8 Å². The summed E-state index contributed by atoms with van der Waals surface area (Å²) in [6, 6.07) is 7.15. The summed E-state index contributed by atoms with van der Waals surface area (Å²) in [7, 11) is 0. The first-order valence-electron chi connectivity index (χ1n) is 9.94. The molecule has 154 valence electrons. The van der Waals surface area contributed by atoms with Crippen LogP contribution in [-0.4, -0.2) is 52.8 Å². The van der Waals surface area contributed by atoms with Gasteiger partial charge in [0.15, 0.2) is 0 Å². The van der Waals surface area contributed by atoms with Crippen LogP contribution >= 0.6 is 22.9 Å². The fraction of sp³-hybridized carbons (Fsp3) is 0.476. The van der Waals surface area contributed by atoms with E-state index in [1.807, 2.05) is 16.7 Å². The molecule has 6 nitrogen and oxygen atoms in total. The number of carbonyl (C=O) groups is 2. The van der Waals surface area contributed by atoms with Gasteiger partial charge in [-0.25, -0.2) is 4.98 Å². The number of hydrogen-bond acceptors (Lipinski definition) is 5. The molecular weight excluding hydrogens is 410 g/mol. The van der Waals surface area contributed by atoms with Gasteiger partial charge in [-0.05, 0) is 44.0 Å². The second kappa shape index (κ2) is 8.71. The maximum Gasteiger partial charge on any atom is 0.265 e. The second-order valence-corrected chi connectivity index (χ2v) is 9.03. The topological polar surface area (TPSA) is 62.7 Å². The number of hydrogen-bond donors (Lipinski definition) is 0. The molecule has 2 aliphatic rings. The summed E-state index contributed by atoms with van der Waals surface area (Å²) in [5, 5.41) is 1.42. The van der Waals surface area contributed by atoms with Crippen molar-refractivity contribution >= 4 is 34.8 Å². The Balaban J connectivity index is 1.33. The lowest BCUT2D eigenvalue weighted by molar-refractivity contribution is -0.139. The van der Waals surface area contributed by atoms with Crippen molar-refractivity contribution in [3.8, 4) is 5.75 Å². The van der Waals surface area contributed by atoms with Crippen molar-refractivity contribution in [2.75, 3.05) is 26.2 Å². The van der Waals surface area contributed by atoms with Crippen LogP contribution < -0.4 is 4.74 Å². The van der Waals surface area contributed by atoms with Gasteiger partial charge in [0.2, 0.25) is 5.91 Å². The zero-order chi connectivity index (χ0) is 20.4. The molecular formula is C21H24ClN3O3S. The molecule has 1 aliphatic carbocycles. The summed E-state index contributed by atoms with van der Waals surface area (Å²) in [6.07, 6.45) is 3.18. The molecule has 0 bridgehead atoms. The third-order valence-corrected chi connectivity index (χ3v) is 6.91. The highest BCUT2D eigenvalue weighted by atomic mass is 35.5. The minimum absolute atomic E-state index is 0.00603. The number of aryl methyl sites for hydroxylation is 1. The molecule has 4 rings (SSSR count). The van der Waals surface area contributed by atoms with Gasteiger partial charge in [-0.1, -0.05) is 18.0 Å². The van der Waals surface area contributed by atoms with Crippen molar-refractivity contribution in [3.63, 3.8) is 0 Å². The van der Waals surface area contributed by atoms with Crippen LogP contribution in [0.15, 0.2) is 24.3 Å². The van der Waals surface area contributed by atoms with Crippen LogP contribution in [0.4, 0.5) is 0 Å². The summed E-state index contributed by atoms with van der Waals surface area (Å²) in [6.45, 7) is 4.55. The lowest BCUT2D eigenvalue weighted by Crippen LogP contribution is -2.52. The summed E-state index contributed by atoms with van der Waals surface area (Å²) in [4.78, 5) is 34.2. The molecule has 2 fully saturated rings. The number of aromatic nitrogens is 1. The van der Waals surface area contributed by atoms with E-state index >= 15 is 0 Å². The number of amides is 2. The van der Waals surface area contributed by atoms with E-state index < -0.39 is 0 Å². The van der Waals surface area contributed by atoms with Crippen molar-refractivity contribution in [1.29, 1.82) is 0 Å². The Morgan fingerprint density at radius 2 is 1.79 bits per heavy atom. The lowest BCUT2D eigenvalue weighted by atomic mass is 9.84. The van der Waals surface area contributed by atoms with E-state index in [9.17, 15) is 9.59 Å².